The fourth-order valence-corrected chi connectivity index (χ4v) is 3.86. The molecule has 1 saturated carbocycles. The van der Waals surface area contributed by atoms with Gasteiger partial charge in [0.1, 0.15) is 0 Å². The van der Waals surface area contributed by atoms with Gasteiger partial charge in [0, 0.05) is 45.0 Å². The minimum atomic E-state index is 0.132. The van der Waals surface area contributed by atoms with Crippen LogP contribution in [-0.4, -0.2) is 50.7 Å². The molecule has 4 rings (SSSR count). The molecule has 28 heavy (non-hydrogen) atoms. The second kappa shape index (κ2) is 8.36. The Labute approximate surface area is 168 Å². The van der Waals surface area contributed by atoms with Gasteiger partial charge in [0.25, 0.3) is 5.91 Å². The molecule has 0 aromatic heterocycles. The fourth-order valence-electron chi connectivity index (χ4n) is 3.86. The van der Waals surface area contributed by atoms with E-state index in [9.17, 15) is 4.79 Å². The number of anilines is 1. The SMILES string of the molecule is CN(C)c1cccc(-c2cccc(C(=O)N(CC3CC3)C[C@@H]3CCCO3)c2)c1. The summed E-state index contributed by atoms with van der Waals surface area (Å²) in [5, 5.41) is 0. The zero-order valence-electron chi connectivity index (χ0n) is 16.9. The normalized spacial score (nSPS) is 18.9. The number of carbonyl (C=O) groups is 1. The van der Waals surface area contributed by atoms with Gasteiger partial charge in [-0.1, -0.05) is 24.3 Å². The first-order valence-electron chi connectivity index (χ1n) is 10.4. The van der Waals surface area contributed by atoms with Gasteiger partial charge in [-0.25, -0.2) is 0 Å². The molecule has 148 valence electrons. The number of benzene rings is 2. The molecule has 0 radical (unpaired) electrons. The first-order valence-corrected chi connectivity index (χ1v) is 10.4. The number of rotatable bonds is 7. The molecule has 0 spiro atoms. The maximum absolute atomic E-state index is 13.3. The van der Waals surface area contributed by atoms with E-state index in [0.29, 0.717) is 5.92 Å². The summed E-state index contributed by atoms with van der Waals surface area (Å²) in [7, 11) is 4.08. The Bertz CT molecular complexity index is 823. The number of amides is 1. The zero-order valence-corrected chi connectivity index (χ0v) is 16.9. The van der Waals surface area contributed by atoms with Crippen LogP contribution in [0.5, 0.6) is 0 Å². The summed E-state index contributed by atoms with van der Waals surface area (Å²) in [6.45, 7) is 2.41. The summed E-state index contributed by atoms with van der Waals surface area (Å²) < 4.78 is 5.80. The monoisotopic (exact) mass is 378 g/mol. The van der Waals surface area contributed by atoms with Gasteiger partial charge >= 0.3 is 0 Å². The van der Waals surface area contributed by atoms with E-state index in [1.807, 2.05) is 37.2 Å². The van der Waals surface area contributed by atoms with Crippen LogP contribution < -0.4 is 4.90 Å². The Balaban J connectivity index is 1.56. The van der Waals surface area contributed by atoms with E-state index < -0.39 is 0 Å². The van der Waals surface area contributed by atoms with Crippen molar-refractivity contribution in [3.8, 4) is 11.1 Å². The summed E-state index contributed by atoms with van der Waals surface area (Å²) in [5.41, 5.74) is 4.14. The summed E-state index contributed by atoms with van der Waals surface area (Å²) in [4.78, 5) is 17.4. The lowest BCUT2D eigenvalue weighted by molar-refractivity contribution is 0.0515. The Morgan fingerprint density at radius 1 is 1.00 bits per heavy atom. The highest BCUT2D eigenvalue weighted by molar-refractivity contribution is 5.95. The average Bonchev–Trinajstić information content (AvgIpc) is 3.39. The molecule has 1 saturated heterocycles. The molecule has 1 aliphatic carbocycles. The van der Waals surface area contributed by atoms with Crippen LogP contribution in [0.3, 0.4) is 0 Å². The second-order valence-corrected chi connectivity index (χ2v) is 8.31. The van der Waals surface area contributed by atoms with Crippen molar-refractivity contribution in [3.05, 3.63) is 54.1 Å². The molecule has 0 bridgehead atoms. The van der Waals surface area contributed by atoms with E-state index in [1.54, 1.807) is 0 Å². The molecular formula is C24H30N2O2. The van der Waals surface area contributed by atoms with Crippen molar-refractivity contribution in [1.29, 1.82) is 0 Å². The first-order chi connectivity index (χ1) is 13.6. The van der Waals surface area contributed by atoms with E-state index in [2.05, 4.69) is 35.2 Å². The van der Waals surface area contributed by atoms with Crippen LogP contribution in [0.15, 0.2) is 48.5 Å². The van der Waals surface area contributed by atoms with Crippen LogP contribution in [0.1, 0.15) is 36.0 Å². The number of hydrogen-bond donors (Lipinski definition) is 0. The lowest BCUT2D eigenvalue weighted by Crippen LogP contribution is -2.38. The standard InChI is InChI=1S/C24H30N2O2/c1-25(2)22-9-4-7-20(15-22)19-6-3-8-21(14-19)24(27)26(16-18-11-12-18)17-23-10-5-13-28-23/h3-4,6-9,14-15,18,23H,5,10-13,16-17H2,1-2H3/t23-/m0/s1. The molecule has 4 nitrogen and oxygen atoms in total. The van der Waals surface area contributed by atoms with Gasteiger partial charge in [-0.2, -0.15) is 0 Å². The van der Waals surface area contributed by atoms with Gasteiger partial charge in [0.15, 0.2) is 0 Å². The van der Waals surface area contributed by atoms with Gasteiger partial charge in [0.05, 0.1) is 6.10 Å². The molecule has 2 aromatic carbocycles. The van der Waals surface area contributed by atoms with Crippen LogP contribution in [0.25, 0.3) is 11.1 Å². The summed E-state index contributed by atoms with van der Waals surface area (Å²) in [6, 6.07) is 16.5. The van der Waals surface area contributed by atoms with Crippen LogP contribution in [-0.2, 0) is 4.74 Å². The zero-order chi connectivity index (χ0) is 19.5. The van der Waals surface area contributed by atoms with E-state index >= 15 is 0 Å². The van der Waals surface area contributed by atoms with Gasteiger partial charge in [0.2, 0.25) is 0 Å². The van der Waals surface area contributed by atoms with E-state index in [-0.39, 0.29) is 12.0 Å². The van der Waals surface area contributed by atoms with Crippen LogP contribution in [0.4, 0.5) is 5.69 Å². The number of carbonyl (C=O) groups excluding carboxylic acids is 1. The Hall–Kier alpha value is -2.33. The molecular weight excluding hydrogens is 348 g/mol. The van der Waals surface area contributed by atoms with Crippen LogP contribution in [0.2, 0.25) is 0 Å². The van der Waals surface area contributed by atoms with E-state index in [1.165, 1.54) is 12.8 Å². The van der Waals surface area contributed by atoms with Crippen molar-refractivity contribution in [2.45, 2.75) is 31.8 Å². The lowest BCUT2D eigenvalue weighted by atomic mass is 10.0. The smallest absolute Gasteiger partial charge is 0.253 e. The third-order valence-corrected chi connectivity index (χ3v) is 5.72. The topological polar surface area (TPSA) is 32.8 Å². The summed E-state index contributed by atoms with van der Waals surface area (Å²) in [5.74, 6) is 0.804. The van der Waals surface area contributed by atoms with Gasteiger partial charge in [-0.15, -0.1) is 0 Å². The maximum Gasteiger partial charge on any atom is 0.253 e. The summed E-state index contributed by atoms with van der Waals surface area (Å²) in [6.07, 6.45) is 4.85. The summed E-state index contributed by atoms with van der Waals surface area (Å²) >= 11 is 0. The minimum absolute atomic E-state index is 0.132. The molecule has 1 amide bonds. The van der Waals surface area contributed by atoms with Crippen LogP contribution in [0, 0.1) is 5.92 Å². The Morgan fingerprint density at radius 2 is 1.75 bits per heavy atom. The molecule has 2 aliphatic rings. The van der Waals surface area contributed by atoms with Crippen molar-refractivity contribution < 1.29 is 9.53 Å². The van der Waals surface area contributed by atoms with Crippen molar-refractivity contribution in [2.24, 2.45) is 5.92 Å². The quantitative estimate of drug-likeness (QED) is 0.713. The van der Waals surface area contributed by atoms with Gasteiger partial charge in [-0.05, 0) is 67.0 Å². The van der Waals surface area contributed by atoms with Crippen molar-refractivity contribution in [1.82, 2.24) is 4.90 Å². The van der Waals surface area contributed by atoms with Crippen molar-refractivity contribution >= 4 is 11.6 Å². The third-order valence-electron chi connectivity index (χ3n) is 5.72. The predicted octanol–water partition coefficient (Wildman–Crippen LogP) is 4.45. The van der Waals surface area contributed by atoms with Crippen LogP contribution >= 0.6 is 0 Å². The molecule has 0 unspecified atom stereocenters. The van der Waals surface area contributed by atoms with Gasteiger partial charge in [-0.3, -0.25) is 4.79 Å². The van der Waals surface area contributed by atoms with Gasteiger partial charge < -0.3 is 14.5 Å². The highest BCUT2D eigenvalue weighted by atomic mass is 16.5. The Kier molecular flexibility index (Phi) is 5.67. The van der Waals surface area contributed by atoms with E-state index in [0.717, 1.165) is 54.9 Å². The van der Waals surface area contributed by atoms with Crippen molar-refractivity contribution in [3.63, 3.8) is 0 Å². The number of ether oxygens (including phenoxy) is 1. The molecule has 4 heteroatoms. The van der Waals surface area contributed by atoms with E-state index in [4.69, 9.17) is 4.74 Å². The molecule has 2 aromatic rings. The maximum atomic E-state index is 13.3. The molecule has 1 aliphatic heterocycles. The lowest BCUT2D eigenvalue weighted by Gasteiger charge is -2.26. The number of nitrogens with zero attached hydrogens (tertiary/aromatic N) is 2. The predicted molar refractivity (Wildman–Crippen MR) is 114 cm³/mol. The molecule has 2 fully saturated rings. The third kappa shape index (κ3) is 4.56. The highest BCUT2D eigenvalue weighted by Gasteiger charge is 2.30. The second-order valence-electron chi connectivity index (χ2n) is 8.31. The molecule has 0 N–H and O–H groups in total. The molecule has 1 heterocycles. The highest BCUT2D eigenvalue weighted by Crippen LogP contribution is 2.31. The molecule has 1 atom stereocenters. The minimum Gasteiger partial charge on any atom is -0.378 e. The average molecular weight is 379 g/mol. The van der Waals surface area contributed by atoms with Crippen molar-refractivity contribution in [2.75, 3.05) is 38.7 Å². The fraction of sp³-hybridized carbons (Fsp3) is 0.458. The first kappa shape index (κ1) is 19.0. The number of hydrogen-bond acceptors (Lipinski definition) is 3. The largest absolute Gasteiger partial charge is 0.378 e. The Morgan fingerprint density at radius 3 is 2.43 bits per heavy atom.